The standard InChI is InChI=1S/C18H17ClN2O2/c19-15-6-3-5-14(12-15)18(23)20-10-11-21-16-7-2-1-4-13(16)8-9-17(21)22/h1-7,12H,8-11H2,(H,20,23). The van der Waals surface area contributed by atoms with Gasteiger partial charge in [0.2, 0.25) is 5.91 Å². The summed E-state index contributed by atoms with van der Waals surface area (Å²) >= 11 is 5.89. The van der Waals surface area contributed by atoms with Crippen molar-refractivity contribution in [2.75, 3.05) is 18.0 Å². The SMILES string of the molecule is O=C(NCCN1C(=O)CCc2ccccc21)c1cccc(Cl)c1. The highest BCUT2D eigenvalue weighted by molar-refractivity contribution is 6.30. The Morgan fingerprint density at radius 3 is 2.78 bits per heavy atom. The van der Waals surface area contributed by atoms with Gasteiger partial charge in [-0.1, -0.05) is 35.9 Å². The summed E-state index contributed by atoms with van der Waals surface area (Å²) in [6.45, 7) is 0.855. The van der Waals surface area contributed by atoms with Gasteiger partial charge < -0.3 is 10.2 Å². The third kappa shape index (κ3) is 3.54. The van der Waals surface area contributed by atoms with Gasteiger partial charge in [0.15, 0.2) is 0 Å². The monoisotopic (exact) mass is 328 g/mol. The smallest absolute Gasteiger partial charge is 0.251 e. The van der Waals surface area contributed by atoms with Crippen molar-refractivity contribution >= 4 is 29.1 Å². The summed E-state index contributed by atoms with van der Waals surface area (Å²) in [5.41, 5.74) is 2.64. The van der Waals surface area contributed by atoms with Crippen LogP contribution < -0.4 is 10.2 Å². The first-order valence-corrected chi connectivity index (χ1v) is 7.95. The molecule has 3 rings (SSSR count). The quantitative estimate of drug-likeness (QED) is 0.937. The number of aryl methyl sites for hydroxylation is 1. The van der Waals surface area contributed by atoms with E-state index in [-0.39, 0.29) is 11.8 Å². The molecule has 0 radical (unpaired) electrons. The third-order valence-corrected chi connectivity index (χ3v) is 4.13. The van der Waals surface area contributed by atoms with Crippen LogP contribution in [0.25, 0.3) is 0 Å². The van der Waals surface area contributed by atoms with Crippen molar-refractivity contribution < 1.29 is 9.59 Å². The molecular formula is C18H17ClN2O2. The Kier molecular flexibility index (Phi) is 4.63. The normalized spacial score (nSPS) is 13.6. The number of fused-ring (bicyclic) bond motifs is 1. The van der Waals surface area contributed by atoms with E-state index in [1.807, 2.05) is 24.3 Å². The minimum Gasteiger partial charge on any atom is -0.350 e. The van der Waals surface area contributed by atoms with Crippen LogP contribution in [0.15, 0.2) is 48.5 Å². The van der Waals surface area contributed by atoms with Crippen LogP contribution in [0.1, 0.15) is 22.3 Å². The van der Waals surface area contributed by atoms with Crippen molar-refractivity contribution in [2.45, 2.75) is 12.8 Å². The maximum absolute atomic E-state index is 12.1. The number of carbonyl (C=O) groups is 2. The molecule has 0 unspecified atom stereocenters. The van der Waals surface area contributed by atoms with Crippen molar-refractivity contribution in [1.29, 1.82) is 0 Å². The van der Waals surface area contributed by atoms with E-state index in [0.29, 0.717) is 30.1 Å². The molecule has 0 saturated heterocycles. The molecule has 1 aliphatic heterocycles. The van der Waals surface area contributed by atoms with Crippen molar-refractivity contribution in [3.8, 4) is 0 Å². The predicted octanol–water partition coefficient (Wildman–Crippen LogP) is 3.05. The van der Waals surface area contributed by atoms with Gasteiger partial charge >= 0.3 is 0 Å². The van der Waals surface area contributed by atoms with Crippen LogP contribution in [-0.4, -0.2) is 24.9 Å². The molecule has 0 spiro atoms. The Morgan fingerprint density at radius 1 is 1.13 bits per heavy atom. The molecule has 4 nitrogen and oxygen atoms in total. The lowest BCUT2D eigenvalue weighted by Crippen LogP contribution is -2.41. The lowest BCUT2D eigenvalue weighted by molar-refractivity contribution is -0.118. The minimum atomic E-state index is -0.190. The van der Waals surface area contributed by atoms with Gasteiger partial charge in [0.1, 0.15) is 0 Å². The Bertz CT molecular complexity index is 745. The lowest BCUT2D eigenvalue weighted by atomic mass is 10.0. The molecule has 5 heteroatoms. The Morgan fingerprint density at radius 2 is 1.96 bits per heavy atom. The second-order valence-corrected chi connectivity index (χ2v) is 5.88. The lowest BCUT2D eigenvalue weighted by Gasteiger charge is -2.29. The number of anilines is 1. The van der Waals surface area contributed by atoms with Gasteiger partial charge in [0.05, 0.1) is 0 Å². The van der Waals surface area contributed by atoms with Crippen molar-refractivity contribution in [3.05, 3.63) is 64.7 Å². The summed E-state index contributed by atoms with van der Waals surface area (Å²) in [7, 11) is 0. The van der Waals surface area contributed by atoms with E-state index in [1.54, 1.807) is 29.2 Å². The van der Waals surface area contributed by atoms with Gasteiger partial charge in [0, 0.05) is 35.8 Å². The Hall–Kier alpha value is -2.33. The number of nitrogens with zero attached hydrogens (tertiary/aromatic N) is 1. The molecule has 1 heterocycles. The first-order chi connectivity index (χ1) is 11.1. The largest absolute Gasteiger partial charge is 0.350 e. The summed E-state index contributed by atoms with van der Waals surface area (Å²) in [4.78, 5) is 26.0. The number of halogens is 1. The number of para-hydroxylation sites is 1. The van der Waals surface area contributed by atoms with Crippen molar-refractivity contribution in [1.82, 2.24) is 5.32 Å². The molecule has 0 fully saturated rings. The first-order valence-electron chi connectivity index (χ1n) is 7.57. The van der Waals surface area contributed by atoms with E-state index in [4.69, 9.17) is 11.6 Å². The summed E-state index contributed by atoms with van der Waals surface area (Å²) < 4.78 is 0. The van der Waals surface area contributed by atoms with E-state index >= 15 is 0 Å². The molecule has 23 heavy (non-hydrogen) atoms. The predicted molar refractivity (Wildman–Crippen MR) is 90.9 cm³/mol. The van der Waals surface area contributed by atoms with Gasteiger partial charge in [-0.15, -0.1) is 0 Å². The maximum atomic E-state index is 12.1. The molecule has 1 aliphatic rings. The van der Waals surface area contributed by atoms with Gasteiger partial charge in [-0.2, -0.15) is 0 Å². The van der Waals surface area contributed by atoms with Crippen LogP contribution in [0, 0.1) is 0 Å². The third-order valence-electron chi connectivity index (χ3n) is 3.90. The second kappa shape index (κ2) is 6.84. The molecule has 0 saturated carbocycles. The molecule has 0 bridgehead atoms. The maximum Gasteiger partial charge on any atom is 0.251 e. The van der Waals surface area contributed by atoms with E-state index < -0.39 is 0 Å². The van der Waals surface area contributed by atoms with E-state index in [0.717, 1.165) is 12.1 Å². The molecule has 2 aromatic rings. The number of rotatable bonds is 4. The fraction of sp³-hybridized carbons (Fsp3) is 0.222. The van der Waals surface area contributed by atoms with Crippen molar-refractivity contribution in [2.24, 2.45) is 0 Å². The molecule has 1 N–H and O–H groups in total. The zero-order valence-electron chi connectivity index (χ0n) is 12.6. The molecule has 2 amide bonds. The molecular weight excluding hydrogens is 312 g/mol. The van der Waals surface area contributed by atoms with E-state index in [1.165, 1.54) is 5.56 Å². The topological polar surface area (TPSA) is 49.4 Å². The molecule has 0 atom stereocenters. The van der Waals surface area contributed by atoms with E-state index in [9.17, 15) is 9.59 Å². The summed E-state index contributed by atoms with van der Waals surface area (Å²) in [5.74, 6) is -0.0917. The molecule has 2 aromatic carbocycles. The number of nitrogens with one attached hydrogen (secondary N) is 1. The summed E-state index contributed by atoms with van der Waals surface area (Å²) in [6, 6.07) is 14.7. The fourth-order valence-corrected chi connectivity index (χ4v) is 2.94. The zero-order valence-corrected chi connectivity index (χ0v) is 13.3. The highest BCUT2D eigenvalue weighted by Crippen LogP contribution is 2.26. The number of carbonyl (C=O) groups excluding carboxylic acids is 2. The average molecular weight is 329 g/mol. The van der Waals surface area contributed by atoms with Gasteiger partial charge in [0.25, 0.3) is 5.91 Å². The molecule has 0 aromatic heterocycles. The van der Waals surface area contributed by atoms with E-state index in [2.05, 4.69) is 5.32 Å². The van der Waals surface area contributed by atoms with Gasteiger partial charge in [-0.05, 0) is 36.2 Å². The van der Waals surface area contributed by atoms with Crippen LogP contribution in [0.4, 0.5) is 5.69 Å². The van der Waals surface area contributed by atoms with Crippen LogP contribution >= 0.6 is 11.6 Å². The Labute approximate surface area is 140 Å². The minimum absolute atomic E-state index is 0.0979. The molecule has 0 aliphatic carbocycles. The number of amides is 2. The van der Waals surface area contributed by atoms with Gasteiger partial charge in [-0.25, -0.2) is 0 Å². The number of hydrogen-bond donors (Lipinski definition) is 1. The van der Waals surface area contributed by atoms with Crippen LogP contribution in [0.3, 0.4) is 0 Å². The van der Waals surface area contributed by atoms with Gasteiger partial charge in [-0.3, -0.25) is 9.59 Å². The highest BCUT2D eigenvalue weighted by atomic mass is 35.5. The van der Waals surface area contributed by atoms with Crippen LogP contribution in [-0.2, 0) is 11.2 Å². The van der Waals surface area contributed by atoms with Crippen LogP contribution in [0.5, 0.6) is 0 Å². The average Bonchev–Trinajstić information content (AvgIpc) is 2.56. The molecule has 118 valence electrons. The zero-order chi connectivity index (χ0) is 16.2. The highest BCUT2D eigenvalue weighted by Gasteiger charge is 2.23. The number of benzene rings is 2. The summed E-state index contributed by atoms with van der Waals surface area (Å²) in [6.07, 6.45) is 1.29. The summed E-state index contributed by atoms with van der Waals surface area (Å²) in [5, 5.41) is 3.36. The Balaban J connectivity index is 1.62. The number of hydrogen-bond acceptors (Lipinski definition) is 2. The first kappa shape index (κ1) is 15.6. The van der Waals surface area contributed by atoms with Crippen LogP contribution in [0.2, 0.25) is 5.02 Å². The van der Waals surface area contributed by atoms with Crippen molar-refractivity contribution in [3.63, 3.8) is 0 Å². The second-order valence-electron chi connectivity index (χ2n) is 5.44. The fourth-order valence-electron chi connectivity index (χ4n) is 2.75.